The highest BCUT2D eigenvalue weighted by Gasteiger charge is 2.23. The highest BCUT2D eigenvalue weighted by molar-refractivity contribution is 5.99. The molecule has 1 aromatic carbocycles. The minimum atomic E-state index is -0.427. The molecule has 0 radical (unpaired) electrons. The van der Waals surface area contributed by atoms with Crippen LogP contribution < -0.4 is 0 Å². The summed E-state index contributed by atoms with van der Waals surface area (Å²) in [6.07, 6.45) is 0. The van der Waals surface area contributed by atoms with Crippen molar-refractivity contribution < 1.29 is 9.53 Å². The molecule has 22 heavy (non-hydrogen) atoms. The first kappa shape index (κ1) is 14.3. The van der Waals surface area contributed by atoms with Gasteiger partial charge in [0.15, 0.2) is 11.3 Å². The number of carbonyl (C=O) groups is 1. The van der Waals surface area contributed by atoms with Crippen molar-refractivity contribution in [2.75, 3.05) is 6.61 Å². The fourth-order valence-electron chi connectivity index (χ4n) is 2.53. The highest BCUT2D eigenvalue weighted by atomic mass is 16.5. The second-order valence-electron chi connectivity index (χ2n) is 5.08. The van der Waals surface area contributed by atoms with E-state index in [9.17, 15) is 4.79 Å². The Kier molecular flexibility index (Phi) is 3.63. The Hall–Kier alpha value is -2.69. The van der Waals surface area contributed by atoms with Crippen LogP contribution in [0.5, 0.6) is 0 Å². The first-order valence-corrected chi connectivity index (χ1v) is 7.21. The number of esters is 1. The number of carbonyl (C=O) groups excluding carboxylic acids is 1. The Morgan fingerprint density at radius 1 is 1.23 bits per heavy atom. The lowest BCUT2D eigenvalue weighted by molar-refractivity contribution is 0.0520. The van der Waals surface area contributed by atoms with Crippen molar-refractivity contribution in [1.82, 2.24) is 14.6 Å². The molecule has 5 nitrogen and oxygen atoms in total. The van der Waals surface area contributed by atoms with Crippen molar-refractivity contribution in [3.05, 3.63) is 53.5 Å². The average Bonchev–Trinajstić information content (AvgIpc) is 2.88. The van der Waals surface area contributed by atoms with Gasteiger partial charge in [-0.05, 0) is 32.4 Å². The molecule has 3 aromatic rings. The van der Waals surface area contributed by atoms with E-state index in [0.29, 0.717) is 23.5 Å². The predicted octanol–water partition coefficient (Wildman–Crippen LogP) is 3.19. The molecule has 0 bridgehead atoms. The van der Waals surface area contributed by atoms with E-state index < -0.39 is 5.97 Å². The summed E-state index contributed by atoms with van der Waals surface area (Å²) in [4.78, 5) is 16.8. The third kappa shape index (κ3) is 2.35. The number of aromatic nitrogens is 3. The molecule has 3 rings (SSSR count). The van der Waals surface area contributed by atoms with Gasteiger partial charge in [0, 0.05) is 11.4 Å². The number of fused-ring (bicyclic) bond motifs is 1. The zero-order valence-electron chi connectivity index (χ0n) is 12.8. The lowest BCUT2D eigenvalue weighted by Gasteiger charge is -2.04. The Morgan fingerprint density at radius 2 is 1.95 bits per heavy atom. The van der Waals surface area contributed by atoms with Crippen LogP contribution in [-0.4, -0.2) is 27.2 Å². The Morgan fingerprint density at radius 3 is 2.64 bits per heavy atom. The maximum atomic E-state index is 12.3. The Labute approximate surface area is 128 Å². The van der Waals surface area contributed by atoms with Gasteiger partial charge < -0.3 is 4.74 Å². The van der Waals surface area contributed by atoms with Crippen molar-refractivity contribution in [1.29, 1.82) is 0 Å². The van der Waals surface area contributed by atoms with Crippen LogP contribution in [0.2, 0.25) is 0 Å². The molecule has 0 spiro atoms. The van der Waals surface area contributed by atoms with E-state index in [2.05, 4.69) is 10.1 Å². The largest absolute Gasteiger partial charge is 0.461 e. The summed E-state index contributed by atoms with van der Waals surface area (Å²) in [7, 11) is 0. The molecule has 0 aliphatic carbocycles. The van der Waals surface area contributed by atoms with Gasteiger partial charge in [-0.1, -0.05) is 30.3 Å². The monoisotopic (exact) mass is 295 g/mol. The number of hydrogen-bond donors (Lipinski definition) is 0. The summed E-state index contributed by atoms with van der Waals surface area (Å²) in [5, 5.41) is 4.43. The molecule has 0 saturated carbocycles. The molecule has 0 aliphatic rings. The maximum absolute atomic E-state index is 12.3. The number of ether oxygens (including phenoxy) is 1. The minimum absolute atomic E-state index is 0.300. The van der Waals surface area contributed by atoms with Crippen LogP contribution in [0.25, 0.3) is 16.8 Å². The molecular weight excluding hydrogens is 278 g/mol. The maximum Gasteiger partial charge on any atom is 0.359 e. The molecule has 2 aromatic heterocycles. The van der Waals surface area contributed by atoms with Crippen LogP contribution >= 0.6 is 0 Å². The van der Waals surface area contributed by atoms with Gasteiger partial charge in [0.1, 0.15) is 0 Å². The van der Waals surface area contributed by atoms with Crippen molar-refractivity contribution in [2.45, 2.75) is 20.8 Å². The Bertz CT molecular complexity index is 838. The Balaban J connectivity index is 2.34. The first-order chi connectivity index (χ1) is 10.6. The van der Waals surface area contributed by atoms with Crippen LogP contribution in [0.3, 0.4) is 0 Å². The van der Waals surface area contributed by atoms with Crippen molar-refractivity contribution in [3.8, 4) is 11.1 Å². The van der Waals surface area contributed by atoms with E-state index in [0.717, 1.165) is 17.0 Å². The summed E-state index contributed by atoms with van der Waals surface area (Å²) < 4.78 is 6.84. The third-order valence-electron chi connectivity index (χ3n) is 3.43. The van der Waals surface area contributed by atoms with Gasteiger partial charge in [0.25, 0.3) is 0 Å². The van der Waals surface area contributed by atoms with Crippen LogP contribution in [0.4, 0.5) is 0 Å². The average molecular weight is 295 g/mol. The van der Waals surface area contributed by atoms with E-state index in [-0.39, 0.29) is 0 Å². The van der Waals surface area contributed by atoms with Gasteiger partial charge in [-0.15, -0.1) is 0 Å². The SMILES string of the molecule is CCOC(=O)c1nn2c(C)cc(C)nc2c1-c1ccccc1. The molecule has 0 amide bonds. The molecule has 0 aliphatic heterocycles. The van der Waals surface area contributed by atoms with E-state index in [1.54, 1.807) is 11.4 Å². The van der Waals surface area contributed by atoms with Crippen LogP contribution in [0.1, 0.15) is 28.8 Å². The standard InChI is InChI=1S/C17H17N3O2/c1-4-22-17(21)15-14(13-8-6-5-7-9-13)16-18-11(2)10-12(3)20(16)19-15/h5-10H,4H2,1-3H3. The van der Waals surface area contributed by atoms with Gasteiger partial charge in [0.2, 0.25) is 0 Å². The molecule has 0 saturated heterocycles. The van der Waals surface area contributed by atoms with Crippen molar-refractivity contribution >= 4 is 11.6 Å². The molecule has 0 atom stereocenters. The number of aryl methyl sites for hydroxylation is 2. The van der Waals surface area contributed by atoms with Gasteiger partial charge in [0.05, 0.1) is 12.2 Å². The highest BCUT2D eigenvalue weighted by Crippen LogP contribution is 2.28. The molecule has 0 fully saturated rings. The lowest BCUT2D eigenvalue weighted by atomic mass is 10.1. The summed E-state index contributed by atoms with van der Waals surface area (Å²) in [6, 6.07) is 11.6. The topological polar surface area (TPSA) is 56.5 Å². The van der Waals surface area contributed by atoms with Gasteiger partial charge in [-0.25, -0.2) is 14.3 Å². The van der Waals surface area contributed by atoms with E-state index >= 15 is 0 Å². The van der Waals surface area contributed by atoms with Crippen molar-refractivity contribution in [2.24, 2.45) is 0 Å². The second kappa shape index (κ2) is 5.60. The molecular formula is C17H17N3O2. The normalized spacial score (nSPS) is 10.9. The molecule has 5 heteroatoms. The van der Waals surface area contributed by atoms with E-state index in [4.69, 9.17) is 4.74 Å². The first-order valence-electron chi connectivity index (χ1n) is 7.21. The zero-order chi connectivity index (χ0) is 15.7. The van der Waals surface area contributed by atoms with Crippen LogP contribution in [0.15, 0.2) is 36.4 Å². The smallest absolute Gasteiger partial charge is 0.359 e. The number of rotatable bonds is 3. The quantitative estimate of drug-likeness (QED) is 0.696. The van der Waals surface area contributed by atoms with Crippen LogP contribution in [-0.2, 0) is 4.74 Å². The summed E-state index contributed by atoms with van der Waals surface area (Å²) >= 11 is 0. The minimum Gasteiger partial charge on any atom is -0.461 e. The summed E-state index contributed by atoms with van der Waals surface area (Å²) in [5.41, 5.74) is 4.40. The second-order valence-corrected chi connectivity index (χ2v) is 5.08. The predicted molar refractivity (Wildman–Crippen MR) is 83.9 cm³/mol. The molecule has 2 heterocycles. The van der Waals surface area contributed by atoms with E-state index in [1.807, 2.05) is 50.2 Å². The lowest BCUT2D eigenvalue weighted by Crippen LogP contribution is -2.07. The number of hydrogen-bond acceptors (Lipinski definition) is 4. The van der Waals surface area contributed by atoms with Crippen LogP contribution in [0, 0.1) is 13.8 Å². The van der Waals surface area contributed by atoms with Gasteiger partial charge in [-0.3, -0.25) is 0 Å². The fourth-order valence-corrected chi connectivity index (χ4v) is 2.53. The molecule has 112 valence electrons. The van der Waals surface area contributed by atoms with Gasteiger partial charge >= 0.3 is 5.97 Å². The molecule has 0 N–H and O–H groups in total. The van der Waals surface area contributed by atoms with Gasteiger partial charge in [-0.2, -0.15) is 5.10 Å². The summed E-state index contributed by atoms with van der Waals surface area (Å²) in [5.74, 6) is -0.427. The van der Waals surface area contributed by atoms with Crippen molar-refractivity contribution in [3.63, 3.8) is 0 Å². The summed E-state index contributed by atoms with van der Waals surface area (Å²) in [6.45, 7) is 5.97. The fraction of sp³-hybridized carbons (Fsp3) is 0.235. The number of benzene rings is 1. The third-order valence-corrected chi connectivity index (χ3v) is 3.43. The van der Waals surface area contributed by atoms with E-state index in [1.165, 1.54) is 0 Å². The zero-order valence-corrected chi connectivity index (χ0v) is 12.8. The molecule has 0 unspecified atom stereocenters. The number of nitrogens with zero attached hydrogens (tertiary/aromatic N) is 3.